The van der Waals surface area contributed by atoms with Crippen molar-refractivity contribution < 1.29 is 13.2 Å². The van der Waals surface area contributed by atoms with Crippen LogP contribution in [0.3, 0.4) is 0 Å². The fraction of sp³-hybridized carbons (Fsp3) is 0.143. The average molecular weight is 292 g/mol. The minimum Gasteiger partial charge on any atom is -0.497 e. The highest BCUT2D eigenvalue weighted by molar-refractivity contribution is 7.89. The number of benzene rings is 2. The molecule has 2 aromatic carbocycles. The SMILES string of the molecule is COc1cccc(CNc2ccc(S(N)(=O)=O)cc2)c1. The second-order valence-corrected chi connectivity index (χ2v) is 5.84. The van der Waals surface area contributed by atoms with Crippen LogP contribution in [0.1, 0.15) is 5.56 Å². The zero-order valence-electron chi connectivity index (χ0n) is 11.0. The molecule has 0 radical (unpaired) electrons. The molecule has 0 heterocycles. The quantitative estimate of drug-likeness (QED) is 0.882. The first-order valence-electron chi connectivity index (χ1n) is 5.99. The Hall–Kier alpha value is -2.05. The van der Waals surface area contributed by atoms with Crippen LogP contribution < -0.4 is 15.2 Å². The van der Waals surface area contributed by atoms with Gasteiger partial charge in [-0.15, -0.1) is 0 Å². The number of nitrogens with one attached hydrogen (secondary N) is 1. The van der Waals surface area contributed by atoms with E-state index in [0.29, 0.717) is 6.54 Å². The van der Waals surface area contributed by atoms with E-state index in [1.54, 1.807) is 19.2 Å². The van der Waals surface area contributed by atoms with Gasteiger partial charge in [0.25, 0.3) is 0 Å². The van der Waals surface area contributed by atoms with E-state index in [9.17, 15) is 8.42 Å². The van der Waals surface area contributed by atoms with E-state index in [2.05, 4.69) is 5.32 Å². The predicted molar refractivity (Wildman–Crippen MR) is 78.1 cm³/mol. The van der Waals surface area contributed by atoms with E-state index in [0.717, 1.165) is 17.0 Å². The second-order valence-electron chi connectivity index (χ2n) is 4.27. The fourth-order valence-electron chi connectivity index (χ4n) is 1.75. The van der Waals surface area contributed by atoms with Crippen LogP contribution in [-0.4, -0.2) is 15.5 Å². The standard InChI is InChI=1S/C14H16N2O3S/c1-19-13-4-2-3-11(9-13)10-16-12-5-7-14(8-6-12)20(15,17)18/h2-9,16H,10H2,1H3,(H2,15,17,18). The third-order valence-electron chi connectivity index (χ3n) is 2.81. The van der Waals surface area contributed by atoms with Gasteiger partial charge < -0.3 is 10.1 Å². The van der Waals surface area contributed by atoms with Gasteiger partial charge in [-0.05, 0) is 42.0 Å². The molecule has 0 saturated heterocycles. The first kappa shape index (κ1) is 14.4. The Balaban J connectivity index is 2.04. The van der Waals surface area contributed by atoms with Gasteiger partial charge in [0.15, 0.2) is 0 Å². The summed E-state index contributed by atoms with van der Waals surface area (Å²) in [6.45, 7) is 0.617. The summed E-state index contributed by atoms with van der Waals surface area (Å²) in [6, 6.07) is 14.0. The molecule has 2 rings (SSSR count). The number of hydrogen-bond donors (Lipinski definition) is 2. The van der Waals surface area contributed by atoms with Crippen molar-refractivity contribution in [3.63, 3.8) is 0 Å². The van der Waals surface area contributed by atoms with Crippen molar-refractivity contribution in [1.82, 2.24) is 0 Å². The molecule has 6 heteroatoms. The second kappa shape index (κ2) is 5.94. The van der Waals surface area contributed by atoms with Gasteiger partial charge in [0.1, 0.15) is 5.75 Å². The van der Waals surface area contributed by atoms with Crippen molar-refractivity contribution in [3.8, 4) is 5.75 Å². The van der Waals surface area contributed by atoms with Crippen molar-refractivity contribution in [3.05, 3.63) is 54.1 Å². The molecule has 2 aromatic rings. The molecule has 0 fully saturated rings. The Bertz CT molecular complexity index is 682. The van der Waals surface area contributed by atoms with Crippen LogP contribution in [-0.2, 0) is 16.6 Å². The van der Waals surface area contributed by atoms with Gasteiger partial charge in [-0.25, -0.2) is 13.6 Å². The van der Waals surface area contributed by atoms with E-state index < -0.39 is 10.0 Å². The van der Waals surface area contributed by atoms with Gasteiger partial charge >= 0.3 is 0 Å². The molecule has 0 bridgehead atoms. The summed E-state index contributed by atoms with van der Waals surface area (Å²) in [4.78, 5) is 0.101. The summed E-state index contributed by atoms with van der Waals surface area (Å²) in [5, 5.41) is 8.24. The maximum absolute atomic E-state index is 11.1. The molecule has 0 aliphatic carbocycles. The summed E-state index contributed by atoms with van der Waals surface area (Å²) >= 11 is 0. The number of methoxy groups -OCH3 is 1. The molecular formula is C14H16N2O3S. The lowest BCUT2D eigenvalue weighted by Gasteiger charge is -2.08. The lowest BCUT2D eigenvalue weighted by Crippen LogP contribution is -2.12. The van der Waals surface area contributed by atoms with Crippen LogP contribution in [0.15, 0.2) is 53.4 Å². The molecule has 3 N–H and O–H groups in total. The van der Waals surface area contributed by atoms with Gasteiger partial charge in [0, 0.05) is 12.2 Å². The molecule has 0 spiro atoms. The number of anilines is 1. The van der Waals surface area contributed by atoms with Gasteiger partial charge in [-0.1, -0.05) is 12.1 Å². The van der Waals surface area contributed by atoms with Crippen LogP contribution in [0.2, 0.25) is 0 Å². The molecule has 20 heavy (non-hydrogen) atoms. The third-order valence-corrected chi connectivity index (χ3v) is 3.74. The molecule has 0 aliphatic heterocycles. The summed E-state index contributed by atoms with van der Waals surface area (Å²) in [5.41, 5.74) is 1.89. The van der Waals surface area contributed by atoms with Crippen molar-refractivity contribution in [1.29, 1.82) is 0 Å². The van der Waals surface area contributed by atoms with E-state index in [4.69, 9.17) is 9.88 Å². The van der Waals surface area contributed by atoms with Gasteiger partial charge in [-0.3, -0.25) is 0 Å². The normalized spacial score (nSPS) is 11.1. The molecule has 0 aliphatic rings. The van der Waals surface area contributed by atoms with Crippen LogP contribution in [0.25, 0.3) is 0 Å². The fourth-order valence-corrected chi connectivity index (χ4v) is 2.26. The summed E-state index contributed by atoms with van der Waals surface area (Å²) in [7, 11) is -2.02. The molecule has 0 saturated carbocycles. The highest BCUT2D eigenvalue weighted by atomic mass is 32.2. The van der Waals surface area contributed by atoms with Crippen LogP contribution in [0.5, 0.6) is 5.75 Å². The highest BCUT2D eigenvalue weighted by Gasteiger charge is 2.06. The minimum atomic E-state index is -3.64. The molecule has 0 aromatic heterocycles. The first-order chi connectivity index (χ1) is 9.49. The Morgan fingerprint density at radius 1 is 1.15 bits per heavy atom. The predicted octanol–water partition coefficient (Wildman–Crippen LogP) is 1.95. The maximum atomic E-state index is 11.1. The van der Waals surface area contributed by atoms with Crippen molar-refractivity contribution in [2.45, 2.75) is 11.4 Å². The molecule has 5 nitrogen and oxygen atoms in total. The van der Waals surface area contributed by atoms with E-state index in [-0.39, 0.29) is 4.90 Å². The molecule has 106 valence electrons. The van der Waals surface area contributed by atoms with Crippen LogP contribution in [0.4, 0.5) is 5.69 Å². The van der Waals surface area contributed by atoms with E-state index in [1.165, 1.54) is 12.1 Å². The molecular weight excluding hydrogens is 276 g/mol. The third kappa shape index (κ3) is 3.72. The number of hydrogen-bond acceptors (Lipinski definition) is 4. The Morgan fingerprint density at radius 2 is 1.85 bits per heavy atom. The number of rotatable bonds is 5. The maximum Gasteiger partial charge on any atom is 0.238 e. The van der Waals surface area contributed by atoms with Crippen LogP contribution >= 0.6 is 0 Å². The van der Waals surface area contributed by atoms with E-state index >= 15 is 0 Å². The minimum absolute atomic E-state index is 0.101. The highest BCUT2D eigenvalue weighted by Crippen LogP contribution is 2.16. The summed E-state index contributed by atoms with van der Waals surface area (Å²) in [5.74, 6) is 0.800. The lowest BCUT2D eigenvalue weighted by molar-refractivity contribution is 0.414. The molecule has 0 amide bonds. The van der Waals surface area contributed by atoms with Gasteiger partial charge in [0.2, 0.25) is 10.0 Å². The monoisotopic (exact) mass is 292 g/mol. The Kier molecular flexibility index (Phi) is 4.26. The Labute approximate surface area is 118 Å². The van der Waals surface area contributed by atoms with Crippen molar-refractivity contribution in [2.24, 2.45) is 5.14 Å². The zero-order chi connectivity index (χ0) is 14.6. The first-order valence-corrected chi connectivity index (χ1v) is 7.53. The molecule has 0 unspecified atom stereocenters. The average Bonchev–Trinajstić information content (AvgIpc) is 2.45. The summed E-state index contributed by atoms with van der Waals surface area (Å²) < 4.78 is 27.4. The number of nitrogens with two attached hydrogens (primary N) is 1. The van der Waals surface area contributed by atoms with E-state index in [1.807, 2.05) is 24.3 Å². The smallest absolute Gasteiger partial charge is 0.238 e. The Morgan fingerprint density at radius 3 is 2.45 bits per heavy atom. The summed E-state index contributed by atoms with van der Waals surface area (Å²) in [6.07, 6.45) is 0. The zero-order valence-corrected chi connectivity index (χ0v) is 11.9. The lowest BCUT2D eigenvalue weighted by atomic mass is 10.2. The van der Waals surface area contributed by atoms with Crippen LogP contribution in [0, 0.1) is 0 Å². The number of sulfonamides is 1. The largest absolute Gasteiger partial charge is 0.497 e. The number of ether oxygens (including phenoxy) is 1. The van der Waals surface area contributed by atoms with Gasteiger partial charge in [-0.2, -0.15) is 0 Å². The number of primary sulfonamides is 1. The van der Waals surface area contributed by atoms with Crippen molar-refractivity contribution in [2.75, 3.05) is 12.4 Å². The van der Waals surface area contributed by atoms with Gasteiger partial charge in [0.05, 0.1) is 12.0 Å². The molecule has 0 atom stereocenters. The topological polar surface area (TPSA) is 81.4 Å². The van der Waals surface area contributed by atoms with Crippen molar-refractivity contribution >= 4 is 15.7 Å².